The van der Waals surface area contributed by atoms with Crippen LogP contribution in [0.15, 0.2) is 143 Å². The molecule has 6 aromatic carbocycles. The summed E-state index contributed by atoms with van der Waals surface area (Å²) in [6.07, 6.45) is 1.30. The van der Waals surface area contributed by atoms with Gasteiger partial charge in [0.2, 0.25) is 11.8 Å². The number of methoxy groups -OCH3 is 2. The smallest absolute Gasteiger partial charge is 0.338 e. The van der Waals surface area contributed by atoms with Crippen molar-refractivity contribution in [2.45, 2.75) is 33.6 Å². The van der Waals surface area contributed by atoms with Crippen LogP contribution in [0, 0.1) is 13.8 Å². The molecule has 17 heteroatoms. The van der Waals surface area contributed by atoms with Crippen molar-refractivity contribution in [3.63, 3.8) is 0 Å². The lowest BCUT2D eigenvalue weighted by molar-refractivity contribution is 0.0591. The van der Waals surface area contributed by atoms with E-state index in [4.69, 9.17) is 25.2 Å². The number of aryl methyl sites for hydroxylation is 2. The first kappa shape index (κ1) is 58.2. The molecule has 0 saturated heterocycles. The van der Waals surface area contributed by atoms with Crippen molar-refractivity contribution in [2.75, 3.05) is 62.0 Å². The van der Waals surface area contributed by atoms with E-state index >= 15 is 0 Å². The fraction of sp³-hybridized carbons (Fsp3) is 0.230. The van der Waals surface area contributed by atoms with Gasteiger partial charge in [-0.05, 0) is 139 Å². The summed E-state index contributed by atoms with van der Waals surface area (Å²) in [5.74, 6) is -2.77. The summed E-state index contributed by atoms with van der Waals surface area (Å²) in [6, 6.07) is 38.7. The Hall–Kier alpha value is -9.03. The number of ketones is 1. The van der Waals surface area contributed by atoms with Gasteiger partial charge in [0.25, 0.3) is 0 Å². The lowest BCUT2D eigenvalue weighted by atomic mass is 9.98. The number of aromatic nitrogens is 2. The molecule has 8 rings (SSSR count). The van der Waals surface area contributed by atoms with Gasteiger partial charge >= 0.3 is 17.9 Å². The van der Waals surface area contributed by atoms with Crippen molar-refractivity contribution in [3.05, 3.63) is 189 Å². The second kappa shape index (κ2) is 26.6. The summed E-state index contributed by atoms with van der Waals surface area (Å²) >= 11 is 0. The van der Waals surface area contributed by atoms with E-state index in [2.05, 4.69) is 14.8 Å². The Morgan fingerprint density at radius 3 is 1.54 bits per heavy atom. The Kier molecular flexibility index (Phi) is 19.9. The molecule has 0 aliphatic rings. The summed E-state index contributed by atoms with van der Waals surface area (Å²) in [5.41, 5.74) is 13.3. The fourth-order valence-electron chi connectivity index (χ4n) is 8.55. The lowest BCUT2D eigenvalue weighted by Crippen LogP contribution is -2.20. The number of hydrogen-bond donors (Lipinski definition) is 5. The molecule has 0 bridgehead atoms. The Balaban J connectivity index is 0.000000229. The normalized spacial score (nSPS) is 11.5. The molecule has 0 fully saturated rings. The number of aromatic carboxylic acids is 1. The number of carbonyl (C=O) groups excluding carboxylic acids is 4. The van der Waals surface area contributed by atoms with Crippen molar-refractivity contribution in [3.8, 4) is 11.8 Å². The number of aromatic hydroxyl groups is 2. The summed E-state index contributed by atoms with van der Waals surface area (Å²) in [5, 5.41) is 32.7. The molecule has 0 atom stereocenters. The van der Waals surface area contributed by atoms with Gasteiger partial charge in [-0.2, -0.15) is 0 Å². The number of nitrogens with one attached hydrogen (secondary N) is 1. The zero-order chi connectivity index (χ0) is 56.8. The predicted octanol–water partition coefficient (Wildman–Crippen LogP) is 10.1. The molecule has 6 N–H and O–H groups in total. The van der Waals surface area contributed by atoms with Crippen molar-refractivity contribution >= 4 is 74.2 Å². The van der Waals surface area contributed by atoms with Gasteiger partial charge in [-0.3, -0.25) is 14.2 Å². The number of rotatable bonds is 16. The van der Waals surface area contributed by atoms with E-state index in [9.17, 15) is 39.3 Å². The highest BCUT2D eigenvalue weighted by atomic mass is 16.5. The van der Waals surface area contributed by atoms with Gasteiger partial charge in [-0.25, -0.2) is 24.4 Å². The van der Waals surface area contributed by atoms with Crippen LogP contribution < -0.4 is 5.73 Å². The average Bonchev–Trinajstić information content (AvgIpc) is 3.94. The minimum atomic E-state index is -1.05. The number of ether oxygens (including phenoxy) is 2. The van der Waals surface area contributed by atoms with Gasteiger partial charge in [0, 0.05) is 59.4 Å². The van der Waals surface area contributed by atoms with Crippen molar-refractivity contribution < 1.29 is 48.8 Å². The van der Waals surface area contributed by atoms with Crippen molar-refractivity contribution in [2.24, 2.45) is 15.7 Å². The van der Waals surface area contributed by atoms with Crippen molar-refractivity contribution in [1.82, 2.24) is 19.4 Å². The lowest BCUT2D eigenvalue weighted by Gasteiger charge is -2.10. The molecular weight excluding hydrogens is 991 g/mol. The van der Waals surface area contributed by atoms with Crippen LogP contribution in [0.1, 0.15) is 99.4 Å². The number of Topliss-reactive ketones (excluding diaryl/α,β-unsaturated/α-hetero) is 1. The summed E-state index contributed by atoms with van der Waals surface area (Å²) in [4.78, 5) is 77.5. The van der Waals surface area contributed by atoms with Crippen LogP contribution in [0.5, 0.6) is 11.8 Å². The monoisotopic (exact) mass is 1060 g/mol. The average molecular weight is 1060 g/mol. The Labute approximate surface area is 452 Å². The van der Waals surface area contributed by atoms with E-state index in [1.54, 1.807) is 43.3 Å². The summed E-state index contributed by atoms with van der Waals surface area (Å²) in [7, 11) is 10.6. The van der Waals surface area contributed by atoms with Gasteiger partial charge < -0.3 is 45.3 Å². The zero-order valence-electron chi connectivity index (χ0n) is 45.3. The molecule has 0 spiro atoms. The third-order valence-corrected chi connectivity index (χ3v) is 12.5. The number of carboxylic acids is 1. The fourth-order valence-corrected chi connectivity index (χ4v) is 8.55. The highest BCUT2D eigenvalue weighted by molar-refractivity contribution is 6.24. The van der Waals surface area contributed by atoms with Crippen LogP contribution in [0.4, 0.5) is 11.4 Å². The second-order valence-corrected chi connectivity index (χ2v) is 18.8. The quantitative estimate of drug-likeness (QED) is 0.0344. The predicted molar refractivity (Wildman–Crippen MR) is 305 cm³/mol. The molecule has 0 saturated carbocycles. The summed E-state index contributed by atoms with van der Waals surface area (Å²) in [6.45, 7) is 7.48. The number of esters is 2. The Bertz CT molecular complexity index is 3510. The molecule has 2 heterocycles. The maximum Gasteiger partial charge on any atom is 0.338 e. The third kappa shape index (κ3) is 14.1. The van der Waals surface area contributed by atoms with E-state index in [1.807, 2.05) is 114 Å². The molecule has 17 nitrogen and oxygen atoms in total. The number of aromatic amines is 1. The summed E-state index contributed by atoms with van der Waals surface area (Å²) < 4.78 is 10.9. The van der Waals surface area contributed by atoms with Crippen LogP contribution in [0.25, 0.3) is 21.8 Å². The molecule has 78 heavy (non-hydrogen) atoms. The van der Waals surface area contributed by atoms with Gasteiger partial charge in [0.1, 0.15) is 0 Å². The number of benzene rings is 6. The highest BCUT2D eigenvalue weighted by Gasteiger charge is 2.27. The first-order valence-electron chi connectivity index (χ1n) is 24.9. The first-order chi connectivity index (χ1) is 37.3. The van der Waals surface area contributed by atoms with Gasteiger partial charge in [0.05, 0.1) is 70.4 Å². The molecule has 0 unspecified atom stereocenters. The van der Waals surface area contributed by atoms with Crippen LogP contribution in [-0.2, 0) is 9.47 Å². The molecular formula is C61H65N7O10. The number of H-pyrrole nitrogens is 1. The number of fused-ring (bicyclic) bond motifs is 2. The number of likely N-dealkylation sites (N-methyl/N-ethyl adjacent to an activating group) is 1. The number of nitrogens with zero attached hydrogens (tertiary/aromatic N) is 5. The molecule has 0 aliphatic heterocycles. The maximum absolute atomic E-state index is 12.6. The molecule has 0 radical (unpaired) electrons. The van der Waals surface area contributed by atoms with Gasteiger partial charge in [-0.1, -0.05) is 60.7 Å². The van der Waals surface area contributed by atoms with Crippen LogP contribution in [-0.4, -0.2) is 138 Å². The number of aliphatic imine (C=N–C) groups is 2. The number of carbonyl (C=O) groups is 5. The van der Waals surface area contributed by atoms with Gasteiger partial charge in [-0.15, -0.1) is 0 Å². The molecule has 8 aromatic rings. The number of hydrogen-bond acceptors (Lipinski definition) is 14. The third-order valence-electron chi connectivity index (χ3n) is 12.5. The SMILES string of the molecule is CN(C)CCN.COC(=O)c1cc2[nH]c(O)c(C(=Nc3ccc(C(=O)CCCN(C)C)cc3)c3ccccc3)c2cc1C.COC(=O)c1cc2c(cc1C)c(C(=Nc1ccc(C(=O)O)cc1)c1ccccc1)c(O)n2C(C)=O. The molecule has 404 valence electrons. The molecule has 2 aromatic heterocycles. The van der Waals surface area contributed by atoms with Gasteiger partial charge in [0.15, 0.2) is 11.7 Å². The van der Waals surface area contributed by atoms with E-state index in [-0.39, 0.29) is 28.7 Å². The van der Waals surface area contributed by atoms with E-state index in [1.165, 1.54) is 39.3 Å². The Morgan fingerprint density at radius 2 is 1.09 bits per heavy atom. The standard InChI is InChI=1S/C30H31N3O4.C27H22N2O6.C4H12N2/c1-19-17-24-25(18-23(19)30(36)37-4)32-29(35)27(24)28(21-9-6-5-7-10-21)31-22-14-12-20(13-15-22)26(34)11-8-16-33(2)3;1-15-13-21-22(14-20(15)27(34)35-3)29(16(2)30)25(31)23(21)24(17-7-5-4-6-8-17)28-19-11-9-18(10-12-19)26(32)33;1-6(2)4-3-5/h5-7,9-10,12-15,17-18,32,35H,8,11,16H2,1-4H3;4-14,31H,1-3H3,(H,32,33);3-5H2,1-2H3. The molecule has 0 amide bonds. The van der Waals surface area contributed by atoms with Crippen molar-refractivity contribution in [1.29, 1.82) is 0 Å². The van der Waals surface area contributed by atoms with E-state index in [0.29, 0.717) is 79.0 Å². The second-order valence-electron chi connectivity index (χ2n) is 18.8. The minimum absolute atomic E-state index is 0.0493. The Morgan fingerprint density at radius 1 is 0.615 bits per heavy atom. The van der Waals surface area contributed by atoms with Crippen LogP contribution >= 0.6 is 0 Å². The number of carboxylic acid groups (broad SMARTS) is 1. The van der Waals surface area contributed by atoms with E-state index in [0.717, 1.165) is 47.1 Å². The maximum atomic E-state index is 12.6. The number of nitrogens with two attached hydrogens (primary N) is 1. The first-order valence-corrected chi connectivity index (χ1v) is 24.9. The highest BCUT2D eigenvalue weighted by Crippen LogP contribution is 2.37. The largest absolute Gasteiger partial charge is 0.494 e. The zero-order valence-corrected chi connectivity index (χ0v) is 45.3. The topological polar surface area (TPSA) is 242 Å². The van der Waals surface area contributed by atoms with Crippen LogP contribution in [0.2, 0.25) is 0 Å². The molecule has 0 aliphatic carbocycles. The van der Waals surface area contributed by atoms with Crippen LogP contribution in [0.3, 0.4) is 0 Å². The van der Waals surface area contributed by atoms with E-state index < -0.39 is 23.8 Å². The minimum Gasteiger partial charge on any atom is -0.494 e.